The fraction of sp³-hybridized carbons (Fsp3) is 0.448. The number of aryl methyl sites for hydroxylation is 1. The van der Waals surface area contributed by atoms with Gasteiger partial charge in [0.2, 0.25) is 5.91 Å². The van der Waals surface area contributed by atoms with Crippen LogP contribution in [0.2, 0.25) is 0 Å². The van der Waals surface area contributed by atoms with Gasteiger partial charge in [0, 0.05) is 12.1 Å². The van der Waals surface area contributed by atoms with Gasteiger partial charge in [0.05, 0.1) is 12.8 Å². The SMILES string of the molecule is C#Cc1nc(CCC(N)=O)ccc1OCc1ccccc1.CC(C)(C)OC(=O)CCC(=O)OC(C)(C)C. The van der Waals surface area contributed by atoms with Gasteiger partial charge in [-0.1, -0.05) is 30.3 Å². The molecule has 8 heteroatoms. The number of carbonyl (C=O) groups excluding carboxylic acids is 3. The summed E-state index contributed by atoms with van der Waals surface area (Å²) >= 11 is 0. The number of ether oxygens (including phenoxy) is 3. The quantitative estimate of drug-likeness (QED) is 0.389. The summed E-state index contributed by atoms with van der Waals surface area (Å²) < 4.78 is 15.8. The molecule has 2 aromatic rings. The van der Waals surface area contributed by atoms with Crippen LogP contribution in [0.1, 0.15) is 77.8 Å². The summed E-state index contributed by atoms with van der Waals surface area (Å²) in [7, 11) is 0. The highest BCUT2D eigenvalue weighted by Gasteiger charge is 2.20. The zero-order chi connectivity index (χ0) is 28.1. The van der Waals surface area contributed by atoms with E-state index in [9.17, 15) is 14.4 Å². The van der Waals surface area contributed by atoms with Crippen molar-refractivity contribution in [3.8, 4) is 18.1 Å². The molecule has 0 radical (unpaired) electrons. The number of terminal acetylenes is 1. The molecule has 0 aliphatic heterocycles. The molecule has 1 amide bonds. The Hall–Kier alpha value is -3.86. The predicted octanol–water partition coefficient (Wildman–Crippen LogP) is 4.51. The Labute approximate surface area is 219 Å². The van der Waals surface area contributed by atoms with Gasteiger partial charge in [-0.2, -0.15) is 0 Å². The first-order valence-electron chi connectivity index (χ1n) is 12.0. The monoisotopic (exact) mass is 510 g/mol. The van der Waals surface area contributed by atoms with Crippen molar-refractivity contribution in [1.29, 1.82) is 0 Å². The molecular weight excluding hydrogens is 472 g/mol. The molecular formula is C29H38N2O6. The minimum Gasteiger partial charge on any atom is -0.486 e. The van der Waals surface area contributed by atoms with Crippen LogP contribution in [0.4, 0.5) is 0 Å². The van der Waals surface area contributed by atoms with Crippen LogP contribution in [0.15, 0.2) is 42.5 Å². The number of hydrogen-bond donors (Lipinski definition) is 1. The topological polar surface area (TPSA) is 118 Å². The summed E-state index contributed by atoms with van der Waals surface area (Å²) in [5.74, 6) is 1.96. The number of primary amides is 1. The molecule has 0 saturated carbocycles. The van der Waals surface area contributed by atoms with E-state index < -0.39 is 11.2 Å². The van der Waals surface area contributed by atoms with Crippen molar-refractivity contribution in [2.75, 3.05) is 0 Å². The number of nitrogens with zero attached hydrogens (tertiary/aromatic N) is 1. The maximum absolute atomic E-state index is 11.3. The van der Waals surface area contributed by atoms with Crippen molar-refractivity contribution in [2.45, 2.75) is 85.0 Å². The van der Waals surface area contributed by atoms with Gasteiger partial charge in [-0.25, -0.2) is 4.98 Å². The first-order valence-corrected chi connectivity index (χ1v) is 12.0. The Morgan fingerprint density at radius 3 is 1.86 bits per heavy atom. The highest BCUT2D eigenvalue weighted by atomic mass is 16.6. The standard InChI is InChI=1S/C17H16N2O2.C12H22O4/c1-2-15-16(21-12-13-6-4-3-5-7-13)10-8-14(19-15)9-11-17(18)20;1-11(2,3)15-9(13)7-8-10(14)16-12(4,5)6/h1,3-8,10H,9,11-12H2,(H2,18,20);7-8H2,1-6H3. The largest absolute Gasteiger partial charge is 0.486 e. The van der Waals surface area contributed by atoms with E-state index in [1.807, 2.05) is 30.3 Å². The summed E-state index contributed by atoms with van der Waals surface area (Å²) in [6, 6.07) is 13.4. The van der Waals surface area contributed by atoms with Crippen LogP contribution in [0, 0.1) is 12.3 Å². The number of esters is 2. The van der Waals surface area contributed by atoms with Gasteiger partial charge in [-0.15, -0.1) is 6.42 Å². The Morgan fingerprint density at radius 1 is 0.865 bits per heavy atom. The van der Waals surface area contributed by atoms with E-state index in [0.717, 1.165) is 11.3 Å². The van der Waals surface area contributed by atoms with Gasteiger partial charge in [-0.3, -0.25) is 14.4 Å². The highest BCUT2D eigenvalue weighted by molar-refractivity contribution is 5.78. The Kier molecular flexibility index (Phi) is 12.3. The van der Waals surface area contributed by atoms with Crippen LogP contribution in [-0.2, 0) is 36.9 Å². The lowest BCUT2D eigenvalue weighted by molar-refractivity contribution is -0.162. The number of nitrogens with two attached hydrogens (primary N) is 1. The number of pyridine rings is 1. The van der Waals surface area contributed by atoms with Crippen LogP contribution in [0.25, 0.3) is 0 Å². The third-order valence-electron chi connectivity index (χ3n) is 4.29. The van der Waals surface area contributed by atoms with Crippen LogP contribution < -0.4 is 10.5 Å². The van der Waals surface area contributed by atoms with Gasteiger partial charge >= 0.3 is 11.9 Å². The maximum atomic E-state index is 11.3. The molecule has 0 bridgehead atoms. The van der Waals surface area contributed by atoms with Crippen molar-refractivity contribution in [2.24, 2.45) is 5.73 Å². The molecule has 1 aromatic carbocycles. The molecule has 0 aliphatic rings. The van der Waals surface area contributed by atoms with E-state index >= 15 is 0 Å². The second kappa shape index (κ2) is 14.6. The molecule has 0 saturated heterocycles. The minimum atomic E-state index is -0.509. The number of benzene rings is 1. The number of hydrogen-bond acceptors (Lipinski definition) is 7. The second-order valence-corrected chi connectivity index (χ2v) is 10.2. The third-order valence-corrected chi connectivity index (χ3v) is 4.29. The summed E-state index contributed by atoms with van der Waals surface area (Å²) in [5.41, 5.74) is 6.33. The molecule has 37 heavy (non-hydrogen) atoms. The maximum Gasteiger partial charge on any atom is 0.306 e. The lowest BCUT2D eigenvalue weighted by Gasteiger charge is -2.21. The number of rotatable bonds is 9. The zero-order valence-electron chi connectivity index (χ0n) is 22.6. The average molecular weight is 511 g/mol. The fourth-order valence-electron chi connectivity index (χ4n) is 2.82. The fourth-order valence-corrected chi connectivity index (χ4v) is 2.82. The van der Waals surface area contributed by atoms with E-state index in [0.29, 0.717) is 24.5 Å². The second-order valence-electron chi connectivity index (χ2n) is 10.2. The summed E-state index contributed by atoms with van der Waals surface area (Å²) in [4.78, 5) is 37.7. The normalized spacial score (nSPS) is 10.8. The third kappa shape index (κ3) is 15.0. The highest BCUT2D eigenvalue weighted by Crippen LogP contribution is 2.18. The van der Waals surface area contributed by atoms with E-state index in [4.69, 9.17) is 26.4 Å². The molecule has 0 aliphatic carbocycles. The Bertz CT molecular complexity index is 1050. The summed E-state index contributed by atoms with van der Waals surface area (Å²) in [6.07, 6.45) is 6.31. The molecule has 2 N–H and O–H groups in total. The van der Waals surface area contributed by atoms with Gasteiger partial charge in [0.15, 0.2) is 11.4 Å². The van der Waals surface area contributed by atoms with Crippen molar-refractivity contribution >= 4 is 17.8 Å². The summed E-state index contributed by atoms with van der Waals surface area (Å²) in [6.45, 7) is 11.2. The van der Waals surface area contributed by atoms with Crippen LogP contribution in [0.5, 0.6) is 5.75 Å². The molecule has 1 heterocycles. The van der Waals surface area contributed by atoms with Crippen molar-refractivity contribution in [1.82, 2.24) is 4.98 Å². The van der Waals surface area contributed by atoms with E-state index in [2.05, 4.69) is 10.9 Å². The number of amides is 1. The van der Waals surface area contributed by atoms with Gasteiger partial charge in [0.25, 0.3) is 0 Å². The van der Waals surface area contributed by atoms with Crippen molar-refractivity contribution in [3.05, 3.63) is 59.4 Å². The molecule has 0 atom stereocenters. The first-order chi connectivity index (χ1) is 17.2. The molecule has 2 rings (SSSR count). The Balaban J connectivity index is 0.000000387. The lowest BCUT2D eigenvalue weighted by atomic mass is 10.2. The lowest BCUT2D eigenvalue weighted by Crippen LogP contribution is -2.26. The van der Waals surface area contributed by atoms with Crippen LogP contribution in [0.3, 0.4) is 0 Å². The van der Waals surface area contributed by atoms with Crippen molar-refractivity contribution < 1.29 is 28.6 Å². The van der Waals surface area contributed by atoms with E-state index in [1.54, 1.807) is 53.7 Å². The number of aromatic nitrogens is 1. The molecule has 1 aromatic heterocycles. The van der Waals surface area contributed by atoms with Gasteiger partial charge in [0.1, 0.15) is 17.8 Å². The Morgan fingerprint density at radius 2 is 1.41 bits per heavy atom. The van der Waals surface area contributed by atoms with Gasteiger partial charge < -0.3 is 19.9 Å². The van der Waals surface area contributed by atoms with Gasteiger partial charge in [-0.05, 0) is 71.6 Å². The molecule has 0 fully saturated rings. The molecule has 200 valence electrons. The smallest absolute Gasteiger partial charge is 0.306 e. The number of carbonyl (C=O) groups is 3. The van der Waals surface area contributed by atoms with Crippen LogP contribution in [-0.4, -0.2) is 34.0 Å². The van der Waals surface area contributed by atoms with Crippen molar-refractivity contribution in [3.63, 3.8) is 0 Å². The molecule has 8 nitrogen and oxygen atoms in total. The first kappa shape index (κ1) is 31.2. The predicted molar refractivity (Wildman–Crippen MR) is 141 cm³/mol. The summed E-state index contributed by atoms with van der Waals surface area (Å²) in [5, 5.41) is 0. The van der Waals surface area contributed by atoms with E-state index in [-0.39, 0.29) is 37.1 Å². The zero-order valence-corrected chi connectivity index (χ0v) is 22.6. The van der Waals surface area contributed by atoms with Crippen LogP contribution >= 0.6 is 0 Å². The molecule has 0 unspecified atom stereocenters. The minimum absolute atomic E-state index is 0.0617. The van der Waals surface area contributed by atoms with E-state index in [1.165, 1.54) is 0 Å². The average Bonchev–Trinajstić information content (AvgIpc) is 2.79. The molecule has 0 spiro atoms.